The molecule has 1 rings (SSSR count). The van der Waals surface area contributed by atoms with Crippen molar-refractivity contribution in [2.24, 2.45) is 11.3 Å². The van der Waals surface area contributed by atoms with Crippen LogP contribution in [0.4, 0.5) is 0 Å². The van der Waals surface area contributed by atoms with Crippen LogP contribution in [0.5, 0.6) is 5.75 Å². The molecule has 0 heterocycles. The summed E-state index contributed by atoms with van der Waals surface area (Å²) in [4.78, 5) is 0. The van der Waals surface area contributed by atoms with Crippen LogP contribution in [0.2, 0.25) is 0 Å². The van der Waals surface area contributed by atoms with Gasteiger partial charge in [-0.2, -0.15) is 0 Å². The third kappa shape index (κ3) is 5.96. The fourth-order valence-corrected chi connectivity index (χ4v) is 2.95. The molecule has 2 unspecified atom stereocenters. The second-order valence-electron chi connectivity index (χ2n) is 6.99. The van der Waals surface area contributed by atoms with E-state index < -0.39 is 0 Å². The SMILES string of the molecule is CCNC(CC(C)CC(C)(C)C)c1ccc(OC)cc1. The van der Waals surface area contributed by atoms with Crippen molar-refractivity contribution in [3.8, 4) is 5.75 Å². The number of rotatable bonds is 7. The Morgan fingerprint density at radius 1 is 1.15 bits per heavy atom. The molecule has 2 nitrogen and oxygen atoms in total. The molecular weight excluding hydrogens is 246 g/mol. The topological polar surface area (TPSA) is 21.3 Å². The molecule has 0 aliphatic carbocycles. The summed E-state index contributed by atoms with van der Waals surface area (Å²) in [5.74, 6) is 1.63. The Morgan fingerprint density at radius 3 is 2.20 bits per heavy atom. The summed E-state index contributed by atoms with van der Waals surface area (Å²) in [6, 6.07) is 8.89. The molecule has 0 aromatic heterocycles. The zero-order chi connectivity index (χ0) is 15.2. The summed E-state index contributed by atoms with van der Waals surface area (Å²) in [7, 11) is 1.71. The van der Waals surface area contributed by atoms with Gasteiger partial charge in [-0.3, -0.25) is 0 Å². The maximum absolute atomic E-state index is 5.24. The van der Waals surface area contributed by atoms with Crippen molar-refractivity contribution in [3.05, 3.63) is 29.8 Å². The summed E-state index contributed by atoms with van der Waals surface area (Å²) in [6.45, 7) is 12.5. The van der Waals surface area contributed by atoms with Crippen LogP contribution >= 0.6 is 0 Å². The molecule has 1 aromatic rings. The van der Waals surface area contributed by atoms with E-state index in [9.17, 15) is 0 Å². The number of hydrogen-bond donors (Lipinski definition) is 1. The minimum absolute atomic E-state index is 0.399. The average molecular weight is 277 g/mol. The lowest BCUT2D eigenvalue weighted by atomic mass is 9.82. The number of methoxy groups -OCH3 is 1. The van der Waals surface area contributed by atoms with Crippen LogP contribution < -0.4 is 10.1 Å². The van der Waals surface area contributed by atoms with Crippen LogP contribution in [0.3, 0.4) is 0 Å². The van der Waals surface area contributed by atoms with Crippen molar-refractivity contribution in [2.45, 2.75) is 53.5 Å². The first kappa shape index (κ1) is 17.0. The lowest BCUT2D eigenvalue weighted by Crippen LogP contribution is -2.24. The zero-order valence-corrected chi connectivity index (χ0v) is 14.0. The summed E-state index contributed by atoms with van der Waals surface area (Å²) >= 11 is 0. The smallest absolute Gasteiger partial charge is 0.118 e. The van der Waals surface area contributed by atoms with E-state index in [0.717, 1.165) is 12.3 Å². The average Bonchev–Trinajstić information content (AvgIpc) is 2.36. The first-order chi connectivity index (χ1) is 9.35. The third-order valence-corrected chi connectivity index (χ3v) is 3.57. The van der Waals surface area contributed by atoms with Crippen LogP contribution in [0.25, 0.3) is 0 Å². The van der Waals surface area contributed by atoms with E-state index in [2.05, 4.69) is 52.1 Å². The van der Waals surface area contributed by atoms with Crippen molar-refractivity contribution in [1.29, 1.82) is 0 Å². The highest BCUT2D eigenvalue weighted by atomic mass is 16.5. The summed E-state index contributed by atoms with van der Waals surface area (Å²) in [5, 5.41) is 3.61. The minimum atomic E-state index is 0.399. The van der Waals surface area contributed by atoms with Crippen molar-refractivity contribution in [3.63, 3.8) is 0 Å². The molecule has 114 valence electrons. The highest BCUT2D eigenvalue weighted by molar-refractivity contribution is 5.29. The summed E-state index contributed by atoms with van der Waals surface area (Å²) in [5.41, 5.74) is 1.75. The summed E-state index contributed by atoms with van der Waals surface area (Å²) < 4.78 is 5.24. The van der Waals surface area contributed by atoms with Gasteiger partial charge in [-0.05, 0) is 48.4 Å². The molecule has 1 N–H and O–H groups in total. The molecule has 0 bridgehead atoms. The molecule has 0 amide bonds. The van der Waals surface area contributed by atoms with Gasteiger partial charge in [0.1, 0.15) is 5.75 Å². The standard InChI is InChI=1S/C18H31NO/c1-7-19-17(12-14(2)13-18(3,4)5)15-8-10-16(20-6)11-9-15/h8-11,14,17,19H,7,12-13H2,1-6H3. The van der Waals surface area contributed by atoms with Gasteiger partial charge in [-0.15, -0.1) is 0 Å². The monoisotopic (exact) mass is 277 g/mol. The Morgan fingerprint density at radius 2 is 1.75 bits per heavy atom. The first-order valence-corrected chi connectivity index (χ1v) is 7.73. The van der Waals surface area contributed by atoms with E-state index in [1.807, 2.05) is 12.1 Å². The van der Waals surface area contributed by atoms with Crippen LogP contribution in [-0.2, 0) is 0 Å². The Hall–Kier alpha value is -1.02. The molecule has 0 aliphatic heterocycles. The third-order valence-electron chi connectivity index (χ3n) is 3.57. The van der Waals surface area contributed by atoms with Gasteiger partial charge in [0.25, 0.3) is 0 Å². The van der Waals surface area contributed by atoms with Gasteiger partial charge < -0.3 is 10.1 Å². The molecular formula is C18H31NO. The van der Waals surface area contributed by atoms with Crippen LogP contribution in [0.15, 0.2) is 24.3 Å². The highest BCUT2D eigenvalue weighted by Crippen LogP contribution is 2.31. The Labute approximate surface area is 124 Å². The molecule has 2 atom stereocenters. The van der Waals surface area contributed by atoms with Crippen molar-refractivity contribution < 1.29 is 4.74 Å². The Bertz CT molecular complexity index is 377. The van der Waals surface area contributed by atoms with E-state index in [-0.39, 0.29) is 0 Å². The van der Waals surface area contributed by atoms with Crippen molar-refractivity contribution in [1.82, 2.24) is 5.32 Å². The van der Waals surface area contributed by atoms with Gasteiger partial charge in [-0.25, -0.2) is 0 Å². The maximum atomic E-state index is 5.24. The maximum Gasteiger partial charge on any atom is 0.118 e. The van der Waals surface area contributed by atoms with E-state index in [1.165, 1.54) is 18.4 Å². The lowest BCUT2D eigenvalue weighted by molar-refractivity contribution is 0.276. The fourth-order valence-electron chi connectivity index (χ4n) is 2.95. The van der Waals surface area contributed by atoms with Gasteiger partial charge in [0.15, 0.2) is 0 Å². The number of nitrogens with one attached hydrogen (secondary N) is 1. The Balaban J connectivity index is 2.72. The van der Waals surface area contributed by atoms with E-state index in [0.29, 0.717) is 17.4 Å². The Kier molecular flexibility index (Phi) is 6.54. The molecule has 1 aromatic carbocycles. The molecule has 0 saturated heterocycles. The zero-order valence-electron chi connectivity index (χ0n) is 14.0. The fraction of sp³-hybridized carbons (Fsp3) is 0.667. The van der Waals surface area contributed by atoms with Crippen molar-refractivity contribution in [2.75, 3.05) is 13.7 Å². The number of benzene rings is 1. The first-order valence-electron chi connectivity index (χ1n) is 7.73. The lowest BCUT2D eigenvalue weighted by Gasteiger charge is -2.27. The van der Waals surface area contributed by atoms with Crippen LogP contribution in [-0.4, -0.2) is 13.7 Å². The molecule has 20 heavy (non-hydrogen) atoms. The number of ether oxygens (including phenoxy) is 1. The predicted molar refractivity (Wildman–Crippen MR) is 87.3 cm³/mol. The van der Waals surface area contributed by atoms with Gasteiger partial charge >= 0.3 is 0 Å². The molecule has 0 spiro atoms. The van der Waals surface area contributed by atoms with E-state index in [1.54, 1.807) is 7.11 Å². The van der Waals surface area contributed by atoms with Crippen LogP contribution in [0, 0.1) is 11.3 Å². The minimum Gasteiger partial charge on any atom is -0.497 e. The molecule has 0 radical (unpaired) electrons. The second-order valence-corrected chi connectivity index (χ2v) is 6.99. The van der Waals surface area contributed by atoms with Gasteiger partial charge in [0.2, 0.25) is 0 Å². The highest BCUT2D eigenvalue weighted by Gasteiger charge is 2.19. The normalized spacial score (nSPS) is 14.9. The molecule has 0 fully saturated rings. The van der Waals surface area contributed by atoms with Gasteiger partial charge in [0.05, 0.1) is 7.11 Å². The largest absolute Gasteiger partial charge is 0.497 e. The second kappa shape index (κ2) is 7.68. The summed E-state index contributed by atoms with van der Waals surface area (Å²) in [6.07, 6.45) is 2.43. The van der Waals surface area contributed by atoms with E-state index in [4.69, 9.17) is 4.74 Å². The van der Waals surface area contributed by atoms with Crippen molar-refractivity contribution >= 4 is 0 Å². The quantitative estimate of drug-likeness (QED) is 0.772. The van der Waals surface area contributed by atoms with Gasteiger partial charge in [0, 0.05) is 6.04 Å². The number of hydrogen-bond acceptors (Lipinski definition) is 2. The molecule has 0 saturated carbocycles. The molecule has 0 aliphatic rings. The van der Waals surface area contributed by atoms with Crippen LogP contribution in [0.1, 0.15) is 59.1 Å². The van der Waals surface area contributed by atoms with E-state index >= 15 is 0 Å². The van der Waals surface area contributed by atoms with Gasteiger partial charge in [-0.1, -0.05) is 46.8 Å². The predicted octanol–water partition coefficient (Wildman–Crippen LogP) is 4.81. The molecule has 2 heteroatoms.